The molecule has 2 heterocycles. The molecule has 7 heteroatoms. The van der Waals surface area contributed by atoms with Crippen LogP contribution in [0, 0.1) is 17.8 Å². The van der Waals surface area contributed by atoms with Crippen molar-refractivity contribution in [2.75, 3.05) is 13.2 Å². The maximum absolute atomic E-state index is 13.0. The van der Waals surface area contributed by atoms with Gasteiger partial charge in [0.05, 0.1) is 17.7 Å². The Balaban J connectivity index is 1.61. The van der Waals surface area contributed by atoms with E-state index in [1.165, 1.54) is 4.90 Å². The highest BCUT2D eigenvalue weighted by atomic mass is 16.7. The van der Waals surface area contributed by atoms with E-state index in [2.05, 4.69) is 12.2 Å². The average molecular weight is 333 g/mol. The van der Waals surface area contributed by atoms with Gasteiger partial charge in [-0.15, -0.1) is 0 Å². The number of ether oxygens (including phenoxy) is 1. The standard InChI is InChI=1S/C17H24BNO5/c1-16(2)17(3,4)24-18(23-16)13-11-6-5-10(9-11)12(13)14(20)19-7-8-22-15(19)21/h5-6,10-13H,7-9H2,1-4H3/t10-,11+,12-,13-/m1/s1. The molecule has 2 bridgehead atoms. The number of imide groups is 1. The Bertz CT molecular complexity index is 600. The molecule has 24 heavy (non-hydrogen) atoms. The molecule has 130 valence electrons. The van der Waals surface area contributed by atoms with E-state index in [-0.39, 0.29) is 36.1 Å². The molecule has 4 aliphatic rings. The molecule has 2 saturated heterocycles. The Hall–Kier alpha value is -1.34. The molecule has 0 aromatic rings. The smallest absolute Gasteiger partial charge is 0.447 e. The van der Waals surface area contributed by atoms with Crippen molar-refractivity contribution in [1.29, 1.82) is 0 Å². The first-order chi connectivity index (χ1) is 11.2. The first-order valence-corrected chi connectivity index (χ1v) is 8.73. The summed E-state index contributed by atoms with van der Waals surface area (Å²) in [6.07, 6.45) is 4.68. The maximum Gasteiger partial charge on any atom is 0.462 e. The molecule has 0 aromatic heterocycles. The molecule has 0 aromatic carbocycles. The molecular formula is C17H24BNO5. The highest BCUT2D eigenvalue weighted by Crippen LogP contribution is 2.56. The van der Waals surface area contributed by atoms with Crippen molar-refractivity contribution in [2.45, 2.75) is 51.1 Å². The van der Waals surface area contributed by atoms with Crippen LogP contribution in [0.2, 0.25) is 5.82 Å². The first-order valence-electron chi connectivity index (χ1n) is 8.73. The number of fused-ring (bicyclic) bond motifs is 2. The van der Waals surface area contributed by atoms with Gasteiger partial charge in [0.1, 0.15) is 6.61 Å². The third kappa shape index (κ3) is 2.17. The molecule has 4 rings (SSSR count). The number of carbonyl (C=O) groups is 2. The largest absolute Gasteiger partial charge is 0.462 e. The van der Waals surface area contributed by atoms with Crippen molar-refractivity contribution in [1.82, 2.24) is 4.90 Å². The van der Waals surface area contributed by atoms with Gasteiger partial charge in [-0.05, 0) is 46.0 Å². The van der Waals surface area contributed by atoms with Crippen molar-refractivity contribution in [3.05, 3.63) is 12.2 Å². The summed E-state index contributed by atoms with van der Waals surface area (Å²) in [6.45, 7) is 8.69. The lowest BCUT2D eigenvalue weighted by Crippen LogP contribution is -2.44. The summed E-state index contributed by atoms with van der Waals surface area (Å²) in [7, 11) is -0.428. The zero-order valence-electron chi connectivity index (χ0n) is 14.7. The van der Waals surface area contributed by atoms with Gasteiger partial charge in [-0.1, -0.05) is 12.2 Å². The molecule has 0 unspecified atom stereocenters. The Labute approximate surface area is 142 Å². The Morgan fingerprint density at radius 3 is 2.38 bits per heavy atom. The monoisotopic (exact) mass is 333 g/mol. The van der Waals surface area contributed by atoms with Crippen molar-refractivity contribution >= 4 is 19.1 Å². The summed E-state index contributed by atoms with van der Waals surface area (Å²) in [5.74, 6) is -0.0615. The number of allylic oxidation sites excluding steroid dienone is 2. The van der Waals surface area contributed by atoms with Gasteiger partial charge >= 0.3 is 13.2 Å². The average Bonchev–Trinajstić information content (AvgIpc) is 3.22. The summed E-state index contributed by atoms with van der Waals surface area (Å²) in [6, 6.07) is 0. The number of rotatable bonds is 2. The number of hydrogen-bond acceptors (Lipinski definition) is 5. The van der Waals surface area contributed by atoms with Gasteiger partial charge < -0.3 is 14.0 Å². The molecule has 0 radical (unpaired) electrons. The van der Waals surface area contributed by atoms with E-state index in [1.54, 1.807) is 0 Å². The highest BCUT2D eigenvalue weighted by molar-refractivity contribution is 6.48. The van der Waals surface area contributed by atoms with Gasteiger partial charge in [0.25, 0.3) is 0 Å². The molecular weight excluding hydrogens is 309 g/mol. The van der Waals surface area contributed by atoms with Gasteiger partial charge in [-0.25, -0.2) is 9.69 Å². The van der Waals surface area contributed by atoms with E-state index in [1.807, 2.05) is 27.7 Å². The number of carbonyl (C=O) groups excluding carboxylic acids is 2. The molecule has 0 N–H and O–H groups in total. The predicted molar refractivity (Wildman–Crippen MR) is 87.1 cm³/mol. The molecule has 2 amide bonds. The van der Waals surface area contributed by atoms with Crippen LogP contribution in [-0.2, 0) is 18.8 Å². The van der Waals surface area contributed by atoms with Crippen LogP contribution >= 0.6 is 0 Å². The zero-order valence-corrected chi connectivity index (χ0v) is 14.7. The number of amides is 2. The van der Waals surface area contributed by atoms with Crippen LogP contribution in [0.25, 0.3) is 0 Å². The van der Waals surface area contributed by atoms with Gasteiger partial charge in [-0.2, -0.15) is 0 Å². The van der Waals surface area contributed by atoms with E-state index in [0.717, 1.165) is 6.42 Å². The Kier molecular flexibility index (Phi) is 3.42. The van der Waals surface area contributed by atoms with Crippen LogP contribution in [0.4, 0.5) is 4.79 Å². The van der Waals surface area contributed by atoms with Gasteiger partial charge in [0, 0.05) is 11.7 Å². The number of nitrogens with zero attached hydrogens (tertiary/aromatic N) is 1. The van der Waals surface area contributed by atoms with E-state index >= 15 is 0 Å². The lowest BCUT2D eigenvalue weighted by atomic mass is 9.60. The van der Waals surface area contributed by atoms with Gasteiger partial charge in [0.2, 0.25) is 5.91 Å². The molecule has 2 aliphatic carbocycles. The summed E-state index contributed by atoms with van der Waals surface area (Å²) in [4.78, 5) is 26.1. The fourth-order valence-corrected chi connectivity index (χ4v) is 4.40. The van der Waals surface area contributed by atoms with Crippen molar-refractivity contribution in [3.63, 3.8) is 0 Å². The van der Waals surface area contributed by atoms with Crippen LogP contribution in [0.1, 0.15) is 34.1 Å². The van der Waals surface area contributed by atoms with Crippen LogP contribution < -0.4 is 0 Å². The van der Waals surface area contributed by atoms with Crippen molar-refractivity contribution < 1.29 is 23.6 Å². The SMILES string of the molecule is CC1(C)OB([C@H]2[C@H](C(=O)N3CCOC3=O)[C@@H]3C=C[C@H]2C3)OC1(C)C. The third-order valence-electron chi connectivity index (χ3n) is 6.42. The van der Waals surface area contributed by atoms with E-state index in [0.29, 0.717) is 6.54 Å². The van der Waals surface area contributed by atoms with Gasteiger partial charge in [-0.3, -0.25) is 4.79 Å². The molecule has 2 aliphatic heterocycles. The quantitative estimate of drug-likeness (QED) is 0.573. The fraction of sp³-hybridized carbons (Fsp3) is 0.765. The van der Waals surface area contributed by atoms with Crippen LogP contribution in [-0.4, -0.2) is 48.4 Å². The van der Waals surface area contributed by atoms with Crippen LogP contribution in [0.3, 0.4) is 0 Å². The lowest BCUT2D eigenvalue weighted by Gasteiger charge is -2.32. The minimum atomic E-state index is -0.528. The second kappa shape index (κ2) is 5.08. The third-order valence-corrected chi connectivity index (χ3v) is 6.42. The number of cyclic esters (lactones) is 1. The second-order valence-electron chi connectivity index (χ2n) is 8.28. The summed E-state index contributed by atoms with van der Waals surface area (Å²) >= 11 is 0. The summed E-state index contributed by atoms with van der Waals surface area (Å²) < 4.78 is 17.4. The minimum absolute atomic E-state index is 0.0538. The van der Waals surface area contributed by atoms with E-state index in [9.17, 15) is 9.59 Å². The predicted octanol–water partition coefficient (Wildman–Crippen LogP) is 2.25. The molecule has 4 atom stereocenters. The van der Waals surface area contributed by atoms with E-state index < -0.39 is 24.4 Å². The highest BCUT2D eigenvalue weighted by Gasteiger charge is 2.62. The minimum Gasteiger partial charge on any atom is -0.447 e. The molecule has 6 nitrogen and oxygen atoms in total. The fourth-order valence-electron chi connectivity index (χ4n) is 4.40. The molecule has 3 fully saturated rings. The first kappa shape index (κ1) is 16.2. The van der Waals surface area contributed by atoms with Crippen molar-refractivity contribution in [2.24, 2.45) is 17.8 Å². The van der Waals surface area contributed by atoms with Gasteiger partial charge in [0.15, 0.2) is 0 Å². The van der Waals surface area contributed by atoms with Crippen LogP contribution in [0.15, 0.2) is 12.2 Å². The zero-order chi connectivity index (χ0) is 17.3. The topological polar surface area (TPSA) is 65.1 Å². The molecule has 1 saturated carbocycles. The Morgan fingerprint density at radius 2 is 1.79 bits per heavy atom. The van der Waals surface area contributed by atoms with Crippen LogP contribution in [0.5, 0.6) is 0 Å². The maximum atomic E-state index is 13.0. The second-order valence-corrected chi connectivity index (χ2v) is 8.28. The summed E-state index contributed by atoms with van der Waals surface area (Å²) in [5, 5.41) is 0. The number of hydrogen-bond donors (Lipinski definition) is 0. The Morgan fingerprint density at radius 1 is 1.17 bits per heavy atom. The summed E-state index contributed by atoms with van der Waals surface area (Å²) in [5.41, 5.74) is -0.854. The van der Waals surface area contributed by atoms with E-state index in [4.69, 9.17) is 14.0 Å². The lowest BCUT2D eigenvalue weighted by molar-refractivity contribution is -0.132. The normalized spacial score (nSPS) is 38.9. The van der Waals surface area contributed by atoms with Crippen molar-refractivity contribution in [3.8, 4) is 0 Å². The molecule has 0 spiro atoms.